The molecule has 100 valence electrons. The number of carboxylic acids is 1. The molecule has 2 heterocycles. The smallest absolute Gasteiger partial charge is 0.152 e. The Morgan fingerprint density at radius 1 is 1.35 bits per heavy atom. The number of benzene rings is 1. The summed E-state index contributed by atoms with van der Waals surface area (Å²) in [6.45, 7) is 1.79. The van der Waals surface area contributed by atoms with Gasteiger partial charge in [0, 0.05) is 16.0 Å². The summed E-state index contributed by atoms with van der Waals surface area (Å²) in [5.41, 5.74) is 1.76. The van der Waals surface area contributed by atoms with Crippen LogP contribution in [0.2, 0.25) is 5.02 Å². The van der Waals surface area contributed by atoms with Crippen molar-refractivity contribution in [2.24, 2.45) is 0 Å². The summed E-state index contributed by atoms with van der Waals surface area (Å²) >= 11 is 6.07. The molecule has 0 unspecified atom stereocenters. The van der Waals surface area contributed by atoms with Gasteiger partial charge < -0.3 is 14.3 Å². The highest BCUT2D eigenvalue weighted by molar-refractivity contribution is 6.32. The number of pyridine rings is 1. The third-order valence-electron chi connectivity index (χ3n) is 3.16. The molecule has 0 radical (unpaired) electrons. The van der Waals surface area contributed by atoms with Crippen LogP contribution in [0.25, 0.3) is 22.4 Å². The van der Waals surface area contributed by atoms with Crippen LogP contribution in [0.5, 0.6) is 0 Å². The monoisotopic (exact) mass is 286 g/mol. The lowest BCUT2D eigenvalue weighted by Gasteiger charge is -2.11. The summed E-state index contributed by atoms with van der Waals surface area (Å²) in [6, 6.07) is 8.16. The molecule has 0 aliphatic heterocycles. The van der Waals surface area contributed by atoms with Crippen molar-refractivity contribution in [3.8, 4) is 11.5 Å². The van der Waals surface area contributed by atoms with Crippen molar-refractivity contribution < 1.29 is 14.3 Å². The van der Waals surface area contributed by atoms with E-state index in [1.807, 2.05) is 0 Å². The topological polar surface area (TPSA) is 66.2 Å². The molecule has 2 aromatic heterocycles. The zero-order chi connectivity index (χ0) is 14.3. The fourth-order valence-electron chi connectivity index (χ4n) is 2.12. The zero-order valence-electron chi connectivity index (χ0n) is 10.5. The number of carbonyl (C=O) groups is 1. The number of hydrogen-bond donors (Lipinski definition) is 0. The minimum Gasteiger partial charge on any atom is -0.545 e. The molecule has 0 aliphatic carbocycles. The van der Waals surface area contributed by atoms with E-state index in [2.05, 4.69) is 4.98 Å². The standard InChI is InChI=1S/C15H10ClNO3/c1-8-11(16)5-4-9-10(15(18)19)7-12(17-14(8)9)13-3-2-6-20-13/h2-7H,1H3,(H,18,19)/p-1. The maximum Gasteiger partial charge on any atom is 0.152 e. The Morgan fingerprint density at radius 2 is 2.15 bits per heavy atom. The van der Waals surface area contributed by atoms with Gasteiger partial charge in [-0.25, -0.2) is 4.98 Å². The van der Waals surface area contributed by atoms with E-state index in [1.165, 1.54) is 12.3 Å². The number of halogens is 1. The van der Waals surface area contributed by atoms with Gasteiger partial charge in [-0.1, -0.05) is 17.7 Å². The van der Waals surface area contributed by atoms with E-state index < -0.39 is 5.97 Å². The Balaban J connectivity index is 2.41. The Hall–Kier alpha value is -2.33. The first-order valence-corrected chi connectivity index (χ1v) is 6.31. The molecule has 0 amide bonds. The molecule has 5 heteroatoms. The van der Waals surface area contributed by atoms with Crippen LogP contribution < -0.4 is 5.11 Å². The normalized spacial score (nSPS) is 10.9. The van der Waals surface area contributed by atoms with Crippen LogP contribution in [0.4, 0.5) is 0 Å². The molecule has 20 heavy (non-hydrogen) atoms. The highest BCUT2D eigenvalue weighted by Crippen LogP contribution is 2.29. The van der Waals surface area contributed by atoms with Gasteiger partial charge in [-0.2, -0.15) is 0 Å². The molecule has 0 spiro atoms. The Labute approximate surface area is 119 Å². The van der Waals surface area contributed by atoms with Crippen molar-refractivity contribution in [3.63, 3.8) is 0 Å². The molecule has 0 fully saturated rings. The molecule has 3 rings (SSSR count). The van der Waals surface area contributed by atoms with Crippen molar-refractivity contribution in [1.82, 2.24) is 4.98 Å². The lowest BCUT2D eigenvalue weighted by atomic mass is 10.0. The zero-order valence-corrected chi connectivity index (χ0v) is 11.3. The van der Waals surface area contributed by atoms with Crippen molar-refractivity contribution in [2.75, 3.05) is 0 Å². The van der Waals surface area contributed by atoms with Crippen LogP contribution in [0.3, 0.4) is 0 Å². The lowest BCUT2D eigenvalue weighted by Crippen LogP contribution is -2.22. The van der Waals surface area contributed by atoms with Gasteiger partial charge in [-0.05, 0) is 36.8 Å². The van der Waals surface area contributed by atoms with E-state index in [4.69, 9.17) is 16.0 Å². The predicted octanol–water partition coefficient (Wildman–Crippen LogP) is 2.82. The SMILES string of the molecule is Cc1c(Cl)ccc2c(C(=O)[O-])cc(-c3ccco3)nc12. The summed E-state index contributed by atoms with van der Waals surface area (Å²) in [6.07, 6.45) is 1.50. The van der Waals surface area contributed by atoms with Crippen molar-refractivity contribution in [1.29, 1.82) is 0 Å². The maximum atomic E-state index is 11.3. The van der Waals surface area contributed by atoms with Gasteiger partial charge >= 0.3 is 0 Å². The summed E-state index contributed by atoms with van der Waals surface area (Å²) in [4.78, 5) is 15.8. The van der Waals surface area contributed by atoms with Crippen molar-refractivity contribution in [3.05, 3.63) is 52.7 Å². The second-order valence-electron chi connectivity index (χ2n) is 4.39. The van der Waals surface area contributed by atoms with Crippen LogP contribution in [0.15, 0.2) is 41.0 Å². The number of hydrogen-bond acceptors (Lipinski definition) is 4. The molecule has 4 nitrogen and oxygen atoms in total. The average Bonchev–Trinajstić information content (AvgIpc) is 2.96. The van der Waals surface area contributed by atoms with Crippen LogP contribution in [-0.2, 0) is 0 Å². The van der Waals surface area contributed by atoms with E-state index in [0.717, 1.165) is 5.56 Å². The number of aromatic carboxylic acids is 1. The van der Waals surface area contributed by atoms with Crippen molar-refractivity contribution >= 4 is 28.5 Å². The van der Waals surface area contributed by atoms with Crippen LogP contribution in [0, 0.1) is 6.92 Å². The number of aromatic nitrogens is 1. The van der Waals surface area contributed by atoms with Gasteiger partial charge in [0.05, 0.1) is 17.7 Å². The van der Waals surface area contributed by atoms with E-state index in [-0.39, 0.29) is 5.56 Å². The molecule has 0 N–H and O–H groups in total. The van der Waals surface area contributed by atoms with Gasteiger partial charge in [0.25, 0.3) is 0 Å². The predicted molar refractivity (Wildman–Crippen MR) is 73.5 cm³/mol. The number of carbonyl (C=O) groups excluding carboxylic acids is 1. The number of rotatable bonds is 2. The Morgan fingerprint density at radius 3 is 2.80 bits per heavy atom. The first-order chi connectivity index (χ1) is 9.58. The fourth-order valence-corrected chi connectivity index (χ4v) is 2.28. The number of nitrogens with zero attached hydrogens (tertiary/aromatic N) is 1. The molecule has 1 aromatic carbocycles. The number of carboxylic acid groups (broad SMARTS) is 1. The Bertz CT molecular complexity index is 810. The van der Waals surface area contributed by atoms with Crippen LogP contribution in [-0.4, -0.2) is 11.0 Å². The van der Waals surface area contributed by atoms with E-state index in [1.54, 1.807) is 31.2 Å². The first-order valence-electron chi connectivity index (χ1n) is 5.93. The average molecular weight is 287 g/mol. The highest BCUT2D eigenvalue weighted by Gasteiger charge is 2.13. The minimum absolute atomic E-state index is 0.0705. The molecular weight excluding hydrogens is 278 g/mol. The summed E-state index contributed by atoms with van der Waals surface area (Å²) in [5.74, 6) is -0.763. The van der Waals surface area contributed by atoms with E-state index in [9.17, 15) is 9.90 Å². The van der Waals surface area contributed by atoms with E-state index in [0.29, 0.717) is 27.4 Å². The highest BCUT2D eigenvalue weighted by atomic mass is 35.5. The second-order valence-corrected chi connectivity index (χ2v) is 4.80. The molecule has 0 aliphatic rings. The number of fused-ring (bicyclic) bond motifs is 1. The van der Waals surface area contributed by atoms with Crippen LogP contribution >= 0.6 is 11.6 Å². The van der Waals surface area contributed by atoms with Gasteiger partial charge in [-0.3, -0.25) is 0 Å². The quantitative estimate of drug-likeness (QED) is 0.726. The third-order valence-corrected chi connectivity index (χ3v) is 3.57. The molecule has 0 saturated heterocycles. The van der Waals surface area contributed by atoms with Crippen molar-refractivity contribution in [2.45, 2.75) is 6.92 Å². The minimum atomic E-state index is -1.26. The third kappa shape index (κ3) is 1.94. The number of furan rings is 1. The first kappa shape index (κ1) is 12.7. The largest absolute Gasteiger partial charge is 0.545 e. The molecular formula is C15H9ClNO3-. The molecule has 0 bridgehead atoms. The summed E-state index contributed by atoms with van der Waals surface area (Å²) < 4.78 is 5.26. The van der Waals surface area contributed by atoms with Gasteiger partial charge in [-0.15, -0.1) is 0 Å². The second kappa shape index (κ2) is 4.65. The fraction of sp³-hybridized carbons (Fsp3) is 0.0667. The van der Waals surface area contributed by atoms with Gasteiger partial charge in [0.2, 0.25) is 0 Å². The van der Waals surface area contributed by atoms with Crippen LogP contribution in [0.1, 0.15) is 15.9 Å². The molecule has 0 saturated carbocycles. The lowest BCUT2D eigenvalue weighted by molar-refractivity contribution is -0.254. The maximum absolute atomic E-state index is 11.3. The Kier molecular flexibility index (Phi) is 2.95. The molecule has 3 aromatic rings. The number of aryl methyl sites for hydroxylation is 1. The van der Waals surface area contributed by atoms with E-state index >= 15 is 0 Å². The summed E-state index contributed by atoms with van der Waals surface area (Å²) in [5, 5.41) is 12.4. The summed E-state index contributed by atoms with van der Waals surface area (Å²) in [7, 11) is 0. The van der Waals surface area contributed by atoms with Gasteiger partial charge in [0.1, 0.15) is 5.69 Å². The van der Waals surface area contributed by atoms with Gasteiger partial charge in [0.15, 0.2) is 5.76 Å². The molecule has 0 atom stereocenters.